The van der Waals surface area contributed by atoms with Crippen LogP contribution in [0.2, 0.25) is 0 Å². The van der Waals surface area contributed by atoms with Crippen molar-refractivity contribution in [3.05, 3.63) is 12.2 Å². The molecule has 1 rings (SSSR count). The first-order chi connectivity index (χ1) is 4.84. The van der Waals surface area contributed by atoms with Crippen molar-refractivity contribution in [2.45, 2.75) is 13.3 Å². The molecule has 1 amide bonds. The van der Waals surface area contributed by atoms with E-state index in [4.69, 9.17) is 0 Å². The lowest BCUT2D eigenvalue weighted by atomic mass is 10.4. The Morgan fingerprint density at radius 1 is 1.70 bits per heavy atom. The van der Waals surface area contributed by atoms with Crippen molar-refractivity contribution in [1.82, 2.24) is 10.4 Å². The number of nitrogens with one attached hydrogen (secondary N) is 1. The lowest BCUT2D eigenvalue weighted by Crippen LogP contribution is -2.35. The number of allylic oxidation sites excluding steroid dienone is 1. The quantitative estimate of drug-likeness (QED) is 0.531. The molecule has 3 nitrogen and oxygen atoms in total. The molecule has 0 radical (unpaired) electrons. The smallest absolute Gasteiger partial charge is 0.260 e. The Morgan fingerprint density at radius 2 is 2.50 bits per heavy atom. The largest absolute Gasteiger partial charge is 0.274 e. The van der Waals surface area contributed by atoms with E-state index in [-0.39, 0.29) is 5.91 Å². The van der Waals surface area contributed by atoms with Gasteiger partial charge in [-0.05, 0) is 13.3 Å². The van der Waals surface area contributed by atoms with Crippen LogP contribution in [-0.2, 0) is 4.79 Å². The molecule has 56 valence electrons. The normalized spacial score (nSPS) is 18.7. The molecule has 1 fully saturated rings. The van der Waals surface area contributed by atoms with E-state index in [0.29, 0.717) is 0 Å². The van der Waals surface area contributed by atoms with Crippen LogP contribution < -0.4 is 5.43 Å². The third-order valence-corrected chi connectivity index (χ3v) is 1.44. The van der Waals surface area contributed by atoms with Gasteiger partial charge in [-0.2, -0.15) is 0 Å². The van der Waals surface area contributed by atoms with Crippen LogP contribution in [0.25, 0.3) is 0 Å². The SMILES string of the molecule is C/C=C/C(=O)N1CCCN1. The minimum absolute atomic E-state index is 0.0556. The van der Waals surface area contributed by atoms with Gasteiger partial charge in [0, 0.05) is 19.2 Å². The van der Waals surface area contributed by atoms with Crippen molar-refractivity contribution >= 4 is 5.91 Å². The van der Waals surface area contributed by atoms with Crippen LogP contribution in [0.4, 0.5) is 0 Å². The third-order valence-electron chi connectivity index (χ3n) is 1.44. The Balaban J connectivity index is 2.40. The number of amides is 1. The Hall–Kier alpha value is -0.830. The first kappa shape index (κ1) is 7.28. The lowest BCUT2D eigenvalue weighted by molar-refractivity contribution is -0.127. The molecular formula is C7H12N2O. The number of carbonyl (C=O) groups is 1. The van der Waals surface area contributed by atoms with Gasteiger partial charge in [-0.25, -0.2) is 5.43 Å². The van der Waals surface area contributed by atoms with E-state index in [1.807, 2.05) is 6.92 Å². The van der Waals surface area contributed by atoms with Crippen molar-refractivity contribution in [2.75, 3.05) is 13.1 Å². The second kappa shape index (κ2) is 3.37. The van der Waals surface area contributed by atoms with E-state index in [2.05, 4.69) is 5.43 Å². The second-order valence-corrected chi connectivity index (χ2v) is 2.25. The van der Waals surface area contributed by atoms with Crippen molar-refractivity contribution < 1.29 is 4.79 Å². The summed E-state index contributed by atoms with van der Waals surface area (Å²) in [7, 11) is 0. The average Bonchev–Trinajstić information content (AvgIpc) is 2.38. The van der Waals surface area contributed by atoms with E-state index >= 15 is 0 Å². The van der Waals surface area contributed by atoms with E-state index in [9.17, 15) is 4.79 Å². The molecule has 1 N–H and O–H groups in total. The summed E-state index contributed by atoms with van der Waals surface area (Å²) in [5, 5.41) is 1.64. The van der Waals surface area contributed by atoms with Crippen LogP contribution in [-0.4, -0.2) is 24.0 Å². The van der Waals surface area contributed by atoms with Crippen LogP contribution in [0.3, 0.4) is 0 Å². The van der Waals surface area contributed by atoms with Gasteiger partial charge < -0.3 is 0 Å². The molecule has 0 aromatic heterocycles. The summed E-state index contributed by atoms with van der Waals surface area (Å²) in [6.45, 7) is 3.60. The zero-order valence-electron chi connectivity index (χ0n) is 6.13. The van der Waals surface area contributed by atoms with Gasteiger partial charge in [0.2, 0.25) is 0 Å². The Kier molecular flexibility index (Phi) is 2.45. The van der Waals surface area contributed by atoms with Crippen LogP contribution in [0.1, 0.15) is 13.3 Å². The number of hydrogen-bond acceptors (Lipinski definition) is 2. The summed E-state index contributed by atoms with van der Waals surface area (Å²) < 4.78 is 0. The predicted octanol–water partition coefficient (Wildman–Crippen LogP) is 0.299. The third kappa shape index (κ3) is 1.57. The minimum atomic E-state index is 0.0556. The fourth-order valence-electron chi connectivity index (χ4n) is 0.951. The molecule has 1 saturated heterocycles. The number of rotatable bonds is 1. The van der Waals surface area contributed by atoms with Gasteiger partial charge in [0.15, 0.2) is 0 Å². The van der Waals surface area contributed by atoms with Gasteiger partial charge in [-0.3, -0.25) is 9.80 Å². The van der Waals surface area contributed by atoms with Crippen molar-refractivity contribution in [3.8, 4) is 0 Å². The van der Waals surface area contributed by atoms with Crippen molar-refractivity contribution in [2.24, 2.45) is 0 Å². The van der Waals surface area contributed by atoms with E-state index in [1.165, 1.54) is 0 Å². The van der Waals surface area contributed by atoms with Gasteiger partial charge in [0.05, 0.1) is 0 Å². The molecule has 0 aromatic rings. The van der Waals surface area contributed by atoms with E-state index in [0.717, 1.165) is 19.5 Å². The monoisotopic (exact) mass is 140 g/mol. The first-order valence-electron chi connectivity index (χ1n) is 3.52. The molecule has 1 aliphatic heterocycles. The highest BCUT2D eigenvalue weighted by molar-refractivity contribution is 5.87. The van der Waals surface area contributed by atoms with Gasteiger partial charge in [0.25, 0.3) is 5.91 Å². The molecule has 0 atom stereocenters. The molecule has 3 heteroatoms. The fraction of sp³-hybridized carbons (Fsp3) is 0.571. The number of carbonyl (C=O) groups excluding carboxylic acids is 1. The first-order valence-corrected chi connectivity index (χ1v) is 3.52. The number of nitrogens with zero attached hydrogens (tertiary/aromatic N) is 1. The molecule has 10 heavy (non-hydrogen) atoms. The molecule has 0 aliphatic carbocycles. The van der Waals surface area contributed by atoms with Gasteiger partial charge in [0.1, 0.15) is 0 Å². The molecule has 0 bridgehead atoms. The number of hydrogen-bond donors (Lipinski definition) is 1. The highest BCUT2D eigenvalue weighted by atomic mass is 16.2. The zero-order chi connectivity index (χ0) is 7.40. The molecule has 0 spiro atoms. The second-order valence-electron chi connectivity index (χ2n) is 2.25. The fourth-order valence-corrected chi connectivity index (χ4v) is 0.951. The number of hydrazine groups is 1. The Bertz CT molecular complexity index is 148. The zero-order valence-corrected chi connectivity index (χ0v) is 6.13. The summed E-state index contributed by atoms with van der Waals surface area (Å²) in [5.41, 5.74) is 2.97. The van der Waals surface area contributed by atoms with Crippen molar-refractivity contribution in [1.29, 1.82) is 0 Å². The summed E-state index contributed by atoms with van der Waals surface area (Å²) >= 11 is 0. The van der Waals surface area contributed by atoms with Gasteiger partial charge in [-0.15, -0.1) is 0 Å². The van der Waals surface area contributed by atoms with Crippen LogP contribution in [0.5, 0.6) is 0 Å². The summed E-state index contributed by atoms with van der Waals surface area (Å²) in [6, 6.07) is 0. The van der Waals surface area contributed by atoms with Crippen LogP contribution >= 0.6 is 0 Å². The topological polar surface area (TPSA) is 32.3 Å². The van der Waals surface area contributed by atoms with Gasteiger partial charge >= 0.3 is 0 Å². The summed E-state index contributed by atoms with van der Waals surface area (Å²) in [4.78, 5) is 11.0. The highest BCUT2D eigenvalue weighted by Crippen LogP contribution is 1.96. The van der Waals surface area contributed by atoms with E-state index in [1.54, 1.807) is 17.2 Å². The molecule has 1 aliphatic rings. The highest BCUT2D eigenvalue weighted by Gasteiger charge is 2.13. The molecule has 0 saturated carbocycles. The molecule has 0 aromatic carbocycles. The summed E-state index contributed by atoms with van der Waals surface area (Å²) in [6.07, 6.45) is 4.38. The maximum absolute atomic E-state index is 11.0. The minimum Gasteiger partial charge on any atom is -0.274 e. The standard InChI is InChI=1S/C7H12N2O/c1-2-4-7(10)9-6-3-5-8-9/h2,4,8H,3,5-6H2,1H3/b4-2+. The molecule has 0 unspecified atom stereocenters. The lowest BCUT2D eigenvalue weighted by Gasteiger charge is -2.11. The maximum atomic E-state index is 11.0. The maximum Gasteiger partial charge on any atom is 0.260 e. The van der Waals surface area contributed by atoms with E-state index < -0.39 is 0 Å². The summed E-state index contributed by atoms with van der Waals surface area (Å²) in [5.74, 6) is 0.0556. The van der Waals surface area contributed by atoms with Gasteiger partial charge in [-0.1, -0.05) is 6.08 Å². The Morgan fingerprint density at radius 3 is 3.00 bits per heavy atom. The Labute approximate surface area is 60.7 Å². The van der Waals surface area contributed by atoms with Crippen LogP contribution in [0, 0.1) is 0 Å². The molecule has 1 heterocycles. The molecular weight excluding hydrogens is 128 g/mol. The predicted molar refractivity (Wildman–Crippen MR) is 39.1 cm³/mol. The van der Waals surface area contributed by atoms with Crippen molar-refractivity contribution in [3.63, 3.8) is 0 Å². The average molecular weight is 140 g/mol. The van der Waals surface area contributed by atoms with Crippen LogP contribution in [0.15, 0.2) is 12.2 Å².